The van der Waals surface area contributed by atoms with Crippen LogP contribution < -0.4 is 10.1 Å². The van der Waals surface area contributed by atoms with Gasteiger partial charge in [-0.2, -0.15) is 0 Å². The molecule has 1 unspecified atom stereocenters. The van der Waals surface area contributed by atoms with Crippen molar-refractivity contribution in [2.24, 2.45) is 0 Å². The van der Waals surface area contributed by atoms with Crippen LogP contribution in [0.5, 0.6) is 5.75 Å². The Hall–Kier alpha value is -2.82. The summed E-state index contributed by atoms with van der Waals surface area (Å²) >= 11 is 0. The summed E-state index contributed by atoms with van der Waals surface area (Å²) in [6, 6.07) is 13.7. The third-order valence-electron chi connectivity index (χ3n) is 6.38. The van der Waals surface area contributed by atoms with Gasteiger partial charge in [-0.05, 0) is 68.4 Å². The zero-order valence-corrected chi connectivity index (χ0v) is 19.8. The molecule has 2 aromatic carbocycles. The van der Waals surface area contributed by atoms with E-state index in [1.54, 1.807) is 4.90 Å². The van der Waals surface area contributed by atoms with E-state index in [9.17, 15) is 9.59 Å². The van der Waals surface area contributed by atoms with E-state index in [0.29, 0.717) is 18.7 Å². The predicted molar refractivity (Wildman–Crippen MR) is 128 cm³/mol. The van der Waals surface area contributed by atoms with Gasteiger partial charge in [0.05, 0.1) is 0 Å². The second-order valence-electron chi connectivity index (χ2n) is 8.92. The third kappa shape index (κ3) is 6.12. The van der Waals surface area contributed by atoms with Gasteiger partial charge in [0, 0.05) is 12.6 Å². The summed E-state index contributed by atoms with van der Waals surface area (Å²) < 4.78 is 5.91. The van der Waals surface area contributed by atoms with Crippen LogP contribution in [-0.2, 0) is 16.1 Å². The molecule has 0 bridgehead atoms. The monoisotopic (exact) mass is 436 g/mol. The standard InChI is InChI=1S/C27H36N2O3/c1-5-24(27(31)28-23-12-8-9-13-23)29(17-22-11-7-6-10-20(22)3)26(30)18-32-25-16-19(2)14-15-21(25)4/h6-7,10-11,14-16,23-24H,5,8-9,12-13,17-18H2,1-4H3,(H,28,31). The Kier molecular flexibility index (Phi) is 8.32. The van der Waals surface area contributed by atoms with Crippen molar-refractivity contribution >= 4 is 11.8 Å². The third-order valence-corrected chi connectivity index (χ3v) is 6.38. The molecule has 172 valence electrons. The fourth-order valence-electron chi connectivity index (χ4n) is 4.34. The van der Waals surface area contributed by atoms with Crippen molar-refractivity contribution in [1.29, 1.82) is 0 Å². The van der Waals surface area contributed by atoms with Gasteiger partial charge >= 0.3 is 0 Å². The molecule has 0 saturated heterocycles. The number of hydrogen-bond acceptors (Lipinski definition) is 3. The van der Waals surface area contributed by atoms with Crippen molar-refractivity contribution in [2.45, 2.75) is 78.4 Å². The maximum absolute atomic E-state index is 13.4. The van der Waals surface area contributed by atoms with E-state index in [4.69, 9.17) is 4.74 Å². The number of hydrogen-bond donors (Lipinski definition) is 1. The number of rotatable bonds is 9. The van der Waals surface area contributed by atoms with E-state index >= 15 is 0 Å². The van der Waals surface area contributed by atoms with Crippen molar-refractivity contribution < 1.29 is 14.3 Å². The van der Waals surface area contributed by atoms with Gasteiger partial charge in [-0.25, -0.2) is 0 Å². The van der Waals surface area contributed by atoms with Crippen LogP contribution in [0.4, 0.5) is 0 Å². The number of nitrogens with zero attached hydrogens (tertiary/aromatic N) is 1. The van der Waals surface area contributed by atoms with Crippen molar-refractivity contribution in [3.63, 3.8) is 0 Å². The summed E-state index contributed by atoms with van der Waals surface area (Å²) in [6.45, 7) is 8.25. The van der Waals surface area contributed by atoms with E-state index < -0.39 is 6.04 Å². The Bertz CT molecular complexity index is 934. The Balaban J connectivity index is 1.79. The highest BCUT2D eigenvalue weighted by atomic mass is 16.5. The highest BCUT2D eigenvalue weighted by molar-refractivity contribution is 5.88. The molecule has 1 aliphatic carbocycles. The highest BCUT2D eigenvalue weighted by Crippen LogP contribution is 2.22. The first-order valence-electron chi connectivity index (χ1n) is 11.7. The van der Waals surface area contributed by atoms with Crippen LogP contribution in [0.3, 0.4) is 0 Å². The molecule has 2 amide bonds. The van der Waals surface area contributed by atoms with Crippen LogP contribution in [0.2, 0.25) is 0 Å². The SMILES string of the molecule is CCC(C(=O)NC1CCCC1)N(Cc1ccccc1C)C(=O)COc1cc(C)ccc1C. The Morgan fingerprint density at radius 1 is 1.06 bits per heavy atom. The lowest BCUT2D eigenvalue weighted by Crippen LogP contribution is -2.52. The Labute approximate surface area is 192 Å². The van der Waals surface area contributed by atoms with Gasteiger partial charge < -0.3 is 15.0 Å². The van der Waals surface area contributed by atoms with Crippen LogP contribution in [0.1, 0.15) is 61.3 Å². The molecule has 5 nitrogen and oxygen atoms in total. The normalized spacial score (nSPS) is 14.8. The van der Waals surface area contributed by atoms with Crippen LogP contribution >= 0.6 is 0 Å². The maximum Gasteiger partial charge on any atom is 0.261 e. The predicted octanol–water partition coefficient (Wildman–Crippen LogP) is 4.86. The maximum atomic E-state index is 13.4. The average molecular weight is 437 g/mol. The molecule has 1 N–H and O–H groups in total. The minimum atomic E-state index is -0.523. The molecule has 2 aromatic rings. The summed E-state index contributed by atoms with van der Waals surface area (Å²) in [7, 11) is 0. The molecule has 0 radical (unpaired) electrons. The van der Waals surface area contributed by atoms with E-state index in [0.717, 1.165) is 47.9 Å². The van der Waals surface area contributed by atoms with Crippen LogP contribution in [0.15, 0.2) is 42.5 Å². The minimum Gasteiger partial charge on any atom is -0.483 e. The number of aryl methyl sites for hydroxylation is 3. The quantitative estimate of drug-likeness (QED) is 0.611. The van der Waals surface area contributed by atoms with Gasteiger partial charge in [-0.15, -0.1) is 0 Å². The summed E-state index contributed by atoms with van der Waals surface area (Å²) in [5.74, 6) is 0.466. The minimum absolute atomic E-state index is 0.0620. The number of carbonyl (C=O) groups is 2. The van der Waals surface area contributed by atoms with Crippen molar-refractivity contribution in [3.8, 4) is 5.75 Å². The first-order valence-corrected chi connectivity index (χ1v) is 11.7. The summed E-state index contributed by atoms with van der Waals surface area (Å²) in [5.41, 5.74) is 4.21. The lowest BCUT2D eigenvalue weighted by Gasteiger charge is -2.32. The van der Waals surface area contributed by atoms with Crippen molar-refractivity contribution in [2.75, 3.05) is 6.61 Å². The molecule has 1 saturated carbocycles. The van der Waals surface area contributed by atoms with E-state index in [1.165, 1.54) is 0 Å². The smallest absolute Gasteiger partial charge is 0.261 e. The molecular formula is C27H36N2O3. The van der Waals surface area contributed by atoms with E-state index in [2.05, 4.69) is 5.32 Å². The zero-order chi connectivity index (χ0) is 23.1. The lowest BCUT2D eigenvalue weighted by atomic mass is 10.1. The zero-order valence-electron chi connectivity index (χ0n) is 19.8. The van der Waals surface area contributed by atoms with Crippen molar-refractivity contribution in [3.05, 3.63) is 64.7 Å². The molecule has 1 fully saturated rings. The van der Waals surface area contributed by atoms with E-state index in [-0.39, 0.29) is 24.5 Å². The highest BCUT2D eigenvalue weighted by Gasteiger charge is 2.31. The second-order valence-corrected chi connectivity index (χ2v) is 8.92. The number of benzene rings is 2. The lowest BCUT2D eigenvalue weighted by molar-refractivity contribution is -0.143. The fourth-order valence-corrected chi connectivity index (χ4v) is 4.34. The van der Waals surface area contributed by atoms with Crippen LogP contribution in [0, 0.1) is 20.8 Å². The van der Waals surface area contributed by atoms with Crippen LogP contribution in [-0.4, -0.2) is 35.4 Å². The first kappa shape index (κ1) is 23.8. The van der Waals surface area contributed by atoms with Gasteiger partial charge in [0.2, 0.25) is 5.91 Å². The molecular weight excluding hydrogens is 400 g/mol. The summed E-state index contributed by atoms with van der Waals surface area (Å²) in [6.07, 6.45) is 4.89. The fraction of sp³-hybridized carbons (Fsp3) is 0.481. The average Bonchev–Trinajstić information content (AvgIpc) is 3.28. The van der Waals surface area contributed by atoms with Gasteiger partial charge in [-0.3, -0.25) is 9.59 Å². The van der Waals surface area contributed by atoms with E-state index in [1.807, 2.05) is 70.2 Å². The van der Waals surface area contributed by atoms with Gasteiger partial charge in [0.25, 0.3) is 5.91 Å². The number of ether oxygens (including phenoxy) is 1. The molecule has 0 heterocycles. The Morgan fingerprint density at radius 2 is 1.78 bits per heavy atom. The molecule has 32 heavy (non-hydrogen) atoms. The summed E-state index contributed by atoms with van der Waals surface area (Å²) in [5, 5.41) is 3.18. The number of carbonyl (C=O) groups excluding carboxylic acids is 2. The van der Waals surface area contributed by atoms with Crippen LogP contribution in [0.25, 0.3) is 0 Å². The topological polar surface area (TPSA) is 58.6 Å². The molecule has 0 aromatic heterocycles. The van der Waals surface area contributed by atoms with Gasteiger partial charge in [0.15, 0.2) is 6.61 Å². The first-order chi connectivity index (χ1) is 15.4. The van der Waals surface area contributed by atoms with Gasteiger partial charge in [-0.1, -0.05) is 56.2 Å². The molecule has 0 spiro atoms. The molecule has 1 atom stereocenters. The molecule has 3 rings (SSSR count). The Morgan fingerprint density at radius 3 is 2.47 bits per heavy atom. The summed E-state index contributed by atoms with van der Waals surface area (Å²) in [4.78, 5) is 28.3. The van der Waals surface area contributed by atoms with Gasteiger partial charge in [0.1, 0.15) is 11.8 Å². The molecule has 0 aliphatic heterocycles. The molecule has 1 aliphatic rings. The number of nitrogens with one attached hydrogen (secondary N) is 1. The largest absolute Gasteiger partial charge is 0.483 e. The van der Waals surface area contributed by atoms with Crippen molar-refractivity contribution in [1.82, 2.24) is 10.2 Å². The molecule has 5 heteroatoms. The second kappa shape index (κ2) is 11.2. The number of amides is 2.